The summed E-state index contributed by atoms with van der Waals surface area (Å²) in [6.45, 7) is 2.41. The number of rotatable bonds is 3. The third kappa shape index (κ3) is 3.52. The van der Waals surface area contributed by atoms with Crippen molar-refractivity contribution in [1.82, 2.24) is 14.2 Å². The summed E-state index contributed by atoms with van der Waals surface area (Å²) in [5, 5.41) is 6.79. The van der Waals surface area contributed by atoms with Crippen LogP contribution in [0.4, 0.5) is 29.9 Å². The molecule has 0 atom stereocenters. The van der Waals surface area contributed by atoms with Crippen molar-refractivity contribution >= 4 is 47.0 Å². The van der Waals surface area contributed by atoms with Crippen LogP contribution in [0.2, 0.25) is 5.15 Å². The normalized spacial score (nSPS) is 15.6. The van der Waals surface area contributed by atoms with E-state index in [0.717, 1.165) is 16.2 Å². The van der Waals surface area contributed by atoms with Gasteiger partial charge in [0.2, 0.25) is 0 Å². The van der Waals surface area contributed by atoms with Crippen LogP contribution in [0.25, 0.3) is 11.3 Å². The SMILES string of the molecule is FSn1nc(Cl)c2c1-c1cc(N3CCOCC3)ncc1NC(c1c(F)cccc1F)=N2. The van der Waals surface area contributed by atoms with Gasteiger partial charge in [0.05, 0.1) is 30.7 Å². The van der Waals surface area contributed by atoms with Gasteiger partial charge in [0, 0.05) is 18.7 Å². The van der Waals surface area contributed by atoms with Gasteiger partial charge in [-0.2, -0.15) is 4.09 Å². The molecule has 2 aliphatic heterocycles. The predicted molar refractivity (Wildman–Crippen MR) is 114 cm³/mol. The topological polar surface area (TPSA) is 67.6 Å². The maximum absolute atomic E-state index is 14.5. The zero-order chi connectivity index (χ0) is 21.5. The molecule has 5 rings (SSSR count). The summed E-state index contributed by atoms with van der Waals surface area (Å²) in [5.41, 5.74) is 0.851. The largest absolute Gasteiger partial charge is 0.378 e. The summed E-state index contributed by atoms with van der Waals surface area (Å²) < 4.78 is 49.0. The smallest absolute Gasteiger partial charge is 0.188 e. The summed E-state index contributed by atoms with van der Waals surface area (Å²) in [7, 11) is 0. The highest BCUT2D eigenvalue weighted by atomic mass is 35.5. The Kier molecular flexibility index (Phi) is 5.24. The Balaban J connectivity index is 1.71. The zero-order valence-electron chi connectivity index (χ0n) is 15.8. The molecule has 0 amide bonds. The minimum absolute atomic E-state index is 0.0925. The van der Waals surface area contributed by atoms with E-state index in [9.17, 15) is 12.7 Å². The molecule has 31 heavy (non-hydrogen) atoms. The fourth-order valence-electron chi connectivity index (χ4n) is 3.56. The van der Waals surface area contributed by atoms with Crippen molar-refractivity contribution in [2.24, 2.45) is 4.99 Å². The lowest BCUT2D eigenvalue weighted by molar-refractivity contribution is 0.122. The molecule has 0 aliphatic carbocycles. The van der Waals surface area contributed by atoms with Gasteiger partial charge in [0.1, 0.15) is 34.7 Å². The van der Waals surface area contributed by atoms with Crippen molar-refractivity contribution in [3.8, 4) is 11.3 Å². The van der Waals surface area contributed by atoms with E-state index in [1.165, 1.54) is 12.3 Å². The van der Waals surface area contributed by atoms with E-state index < -0.39 is 11.6 Å². The standard InChI is InChI=1S/C19H14ClF3N6OS/c20-18-16-17(29(27-18)31-23)10-8-14(28-4-6-30-7-5-28)24-9-13(10)25-19(26-16)15-11(21)2-1-3-12(15)22/h1-3,8-9H,4-7H2,(H,25,26). The van der Waals surface area contributed by atoms with E-state index in [0.29, 0.717) is 43.4 Å². The summed E-state index contributed by atoms with van der Waals surface area (Å²) >= 11 is 6.07. The summed E-state index contributed by atoms with van der Waals surface area (Å²) in [5.74, 6) is -1.10. The Hall–Kier alpha value is -2.76. The van der Waals surface area contributed by atoms with E-state index in [1.807, 2.05) is 4.90 Å². The van der Waals surface area contributed by atoms with Crippen molar-refractivity contribution in [1.29, 1.82) is 0 Å². The third-order valence-corrected chi connectivity index (χ3v) is 5.66. The average molecular weight is 467 g/mol. The van der Waals surface area contributed by atoms with Gasteiger partial charge in [-0.05, 0) is 18.2 Å². The number of ether oxygens (including phenoxy) is 1. The van der Waals surface area contributed by atoms with Crippen LogP contribution in [0.1, 0.15) is 5.56 Å². The first-order valence-corrected chi connectivity index (χ1v) is 10.3. The van der Waals surface area contributed by atoms with Crippen molar-refractivity contribution < 1.29 is 17.4 Å². The molecule has 1 fully saturated rings. The average Bonchev–Trinajstić information content (AvgIpc) is 2.99. The number of anilines is 2. The highest BCUT2D eigenvalue weighted by Gasteiger charge is 2.29. The third-order valence-electron chi connectivity index (χ3n) is 5.01. The molecule has 4 heterocycles. The number of benzene rings is 1. The van der Waals surface area contributed by atoms with Crippen LogP contribution in [0, 0.1) is 11.6 Å². The number of hydrogen-bond acceptors (Lipinski definition) is 7. The van der Waals surface area contributed by atoms with E-state index in [2.05, 4.69) is 20.4 Å². The van der Waals surface area contributed by atoms with E-state index in [1.54, 1.807) is 6.07 Å². The molecule has 1 saturated heterocycles. The van der Waals surface area contributed by atoms with Crippen molar-refractivity contribution in [2.45, 2.75) is 0 Å². The Morgan fingerprint density at radius 3 is 2.61 bits per heavy atom. The molecule has 0 saturated carbocycles. The molecule has 0 unspecified atom stereocenters. The number of nitrogens with zero attached hydrogens (tertiary/aromatic N) is 5. The molecule has 1 N–H and O–H groups in total. The van der Waals surface area contributed by atoms with Crippen LogP contribution in [-0.2, 0) is 4.74 Å². The molecule has 7 nitrogen and oxygen atoms in total. The first-order chi connectivity index (χ1) is 15.1. The number of nitrogens with one attached hydrogen (secondary N) is 1. The van der Waals surface area contributed by atoms with E-state index in [4.69, 9.17) is 16.3 Å². The van der Waals surface area contributed by atoms with Crippen LogP contribution in [0.15, 0.2) is 35.5 Å². The number of halogens is 4. The molecular weight excluding hydrogens is 453 g/mol. The molecule has 160 valence electrons. The minimum Gasteiger partial charge on any atom is -0.378 e. The molecule has 3 aromatic rings. The number of fused-ring (bicyclic) bond motifs is 3. The molecule has 2 aromatic heterocycles. The summed E-state index contributed by atoms with van der Waals surface area (Å²) in [4.78, 5) is 10.8. The molecule has 0 spiro atoms. The van der Waals surface area contributed by atoms with Crippen molar-refractivity contribution in [2.75, 3.05) is 36.5 Å². The Bertz CT molecular complexity index is 1180. The number of hydrogen-bond donors (Lipinski definition) is 1. The first-order valence-electron chi connectivity index (χ1n) is 9.27. The van der Waals surface area contributed by atoms with Gasteiger partial charge < -0.3 is 15.0 Å². The number of aliphatic imine (C=N–C) groups is 1. The van der Waals surface area contributed by atoms with E-state index in [-0.39, 0.29) is 40.3 Å². The van der Waals surface area contributed by atoms with Crippen molar-refractivity contribution in [3.05, 3.63) is 52.8 Å². The van der Waals surface area contributed by atoms with E-state index >= 15 is 0 Å². The number of aromatic nitrogens is 3. The number of morpholine rings is 1. The quantitative estimate of drug-likeness (QED) is 0.608. The monoisotopic (exact) mass is 466 g/mol. The lowest BCUT2D eigenvalue weighted by atomic mass is 10.1. The van der Waals surface area contributed by atoms with Crippen LogP contribution in [0.3, 0.4) is 0 Å². The molecular formula is C19H14ClF3N6OS. The van der Waals surface area contributed by atoms with Crippen LogP contribution in [0.5, 0.6) is 0 Å². The molecule has 0 bridgehead atoms. The Morgan fingerprint density at radius 1 is 1.16 bits per heavy atom. The van der Waals surface area contributed by atoms with Gasteiger partial charge in [-0.3, -0.25) is 0 Å². The molecule has 2 aliphatic rings. The number of pyridine rings is 1. The van der Waals surface area contributed by atoms with Crippen LogP contribution < -0.4 is 10.2 Å². The fraction of sp³-hybridized carbons (Fsp3) is 0.211. The highest BCUT2D eigenvalue weighted by Crippen LogP contribution is 2.45. The Labute approximate surface area is 184 Å². The Morgan fingerprint density at radius 2 is 1.90 bits per heavy atom. The predicted octanol–water partition coefficient (Wildman–Crippen LogP) is 4.60. The van der Waals surface area contributed by atoms with Gasteiger partial charge in [0.15, 0.2) is 17.5 Å². The fourth-order valence-corrected chi connectivity index (χ4v) is 4.18. The minimum atomic E-state index is -0.808. The second kappa shape index (κ2) is 8.06. The van der Waals surface area contributed by atoms with Gasteiger partial charge in [-0.1, -0.05) is 17.7 Å². The van der Waals surface area contributed by atoms with Crippen LogP contribution >= 0.6 is 23.9 Å². The summed E-state index contributed by atoms with van der Waals surface area (Å²) in [6, 6.07) is 5.24. The van der Waals surface area contributed by atoms with Gasteiger partial charge in [-0.15, -0.1) is 8.98 Å². The van der Waals surface area contributed by atoms with Gasteiger partial charge >= 0.3 is 0 Å². The van der Waals surface area contributed by atoms with Gasteiger partial charge in [0.25, 0.3) is 0 Å². The summed E-state index contributed by atoms with van der Waals surface area (Å²) in [6.07, 6.45) is 1.51. The van der Waals surface area contributed by atoms with Crippen LogP contribution in [-0.4, -0.2) is 46.3 Å². The van der Waals surface area contributed by atoms with Crippen molar-refractivity contribution in [3.63, 3.8) is 0 Å². The van der Waals surface area contributed by atoms with Gasteiger partial charge in [-0.25, -0.2) is 18.8 Å². The first kappa shape index (κ1) is 20.2. The lowest BCUT2D eigenvalue weighted by Gasteiger charge is -2.28. The lowest BCUT2D eigenvalue weighted by Crippen LogP contribution is -2.36. The maximum Gasteiger partial charge on any atom is 0.188 e. The second-order valence-electron chi connectivity index (χ2n) is 6.80. The molecule has 12 heteroatoms. The zero-order valence-corrected chi connectivity index (χ0v) is 17.4. The maximum atomic E-state index is 14.5. The molecule has 0 radical (unpaired) electrons. The highest BCUT2D eigenvalue weighted by molar-refractivity contribution is 7.92. The second-order valence-corrected chi connectivity index (χ2v) is 7.64. The molecule has 1 aromatic carbocycles. The number of amidine groups is 1.